The van der Waals surface area contributed by atoms with Crippen LogP contribution in [0.5, 0.6) is 5.75 Å². The van der Waals surface area contributed by atoms with Crippen molar-refractivity contribution >= 4 is 5.91 Å². The van der Waals surface area contributed by atoms with Gasteiger partial charge in [0.2, 0.25) is 0 Å². The van der Waals surface area contributed by atoms with Crippen molar-refractivity contribution in [2.45, 2.75) is 31.4 Å². The summed E-state index contributed by atoms with van der Waals surface area (Å²) < 4.78 is 7.43. The van der Waals surface area contributed by atoms with Crippen LogP contribution in [0.3, 0.4) is 0 Å². The van der Waals surface area contributed by atoms with E-state index < -0.39 is 0 Å². The predicted octanol–water partition coefficient (Wildman–Crippen LogP) is 2.12. The second-order valence-electron chi connectivity index (χ2n) is 5.84. The number of carbonyl (C=O) groups is 1. The maximum atomic E-state index is 12.3. The number of ether oxygens (including phenoxy) is 1. The van der Waals surface area contributed by atoms with Crippen molar-refractivity contribution in [3.05, 3.63) is 64.6 Å². The third kappa shape index (κ3) is 3.62. The first-order chi connectivity index (χ1) is 11.1. The van der Waals surface area contributed by atoms with Crippen LogP contribution < -0.4 is 15.6 Å². The molecule has 120 valence electrons. The molecule has 2 atom stereocenters. The number of nitrogens with zero attached hydrogens (tertiary/aromatic N) is 1. The molecule has 1 heterocycles. The first-order valence-corrected chi connectivity index (χ1v) is 7.83. The van der Waals surface area contributed by atoms with Gasteiger partial charge in [-0.3, -0.25) is 9.59 Å². The fourth-order valence-corrected chi connectivity index (χ4v) is 2.85. The molecule has 1 amide bonds. The van der Waals surface area contributed by atoms with Gasteiger partial charge >= 0.3 is 0 Å². The van der Waals surface area contributed by atoms with Crippen LogP contribution in [0.2, 0.25) is 0 Å². The third-order valence-corrected chi connectivity index (χ3v) is 4.17. The summed E-state index contributed by atoms with van der Waals surface area (Å²) in [7, 11) is 1.66. The quantitative estimate of drug-likeness (QED) is 0.940. The lowest BCUT2D eigenvalue weighted by Crippen LogP contribution is -2.42. The average Bonchev–Trinajstić information content (AvgIpc) is 2.98. The van der Waals surface area contributed by atoms with Crippen LogP contribution in [0.4, 0.5) is 0 Å². The van der Waals surface area contributed by atoms with Gasteiger partial charge in [-0.2, -0.15) is 0 Å². The lowest BCUT2D eigenvalue weighted by molar-refractivity contribution is 0.0893. The minimum absolute atomic E-state index is 0.0344. The van der Waals surface area contributed by atoms with E-state index in [-0.39, 0.29) is 23.6 Å². The molecule has 5 heteroatoms. The van der Waals surface area contributed by atoms with E-state index in [1.54, 1.807) is 19.3 Å². The number of nitrogens with one attached hydrogen (secondary N) is 1. The normalized spacial score (nSPS) is 20.2. The van der Waals surface area contributed by atoms with Crippen LogP contribution in [-0.4, -0.2) is 22.6 Å². The topological polar surface area (TPSA) is 60.3 Å². The molecule has 0 spiro atoms. The highest BCUT2D eigenvalue weighted by Crippen LogP contribution is 2.24. The Morgan fingerprint density at radius 3 is 2.74 bits per heavy atom. The molecular formula is C18H20N2O3. The monoisotopic (exact) mass is 312 g/mol. The van der Waals surface area contributed by atoms with Gasteiger partial charge in [-0.25, -0.2) is 0 Å². The molecule has 1 aliphatic rings. The number of carbonyl (C=O) groups excluding carboxylic acids is 1. The summed E-state index contributed by atoms with van der Waals surface area (Å²) in [6.45, 7) is 0. The van der Waals surface area contributed by atoms with Crippen LogP contribution >= 0.6 is 0 Å². The van der Waals surface area contributed by atoms with Crippen LogP contribution in [0.1, 0.15) is 29.6 Å². The van der Waals surface area contributed by atoms with E-state index in [0.717, 1.165) is 25.0 Å². The van der Waals surface area contributed by atoms with Crippen LogP contribution in [0, 0.1) is 0 Å². The number of para-hydroxylation sites is 1. The van der Waals surface area contributed by atoms with E-state index in [0.29, 0.717) is 5.56 Å². The Morgan fingerprint density at radius 2 is 2.00 bits per heavy atom. The number of aromatic nitrogens is 1. The molecule has 1 saturated carbocycles. The lowest BCUT2D eigenvalue weighted by atomic mass is 10.1. The zero-order valence-corrected chi connectivity index (χ0v) is 13.1. The van der Waals surface area contributed by atoms with Gasteiger partial charge in [0.1, 0.15) is 11.9 Å². The van der Waals surface area contributed by atoms with E-state index in [9.17, 15) is 9.59 Å². The molecule has 2 aromatic rings. The van der Waals surface area contributed by atoms with Gasteiger partial charge in [-0.1, -0.05) is 18.2 Å². The van der Waals surface area contributed by atoms with Gasteiger partial charge in [0, 0.05) is 24.9 Å². The molecule has 1 aromatic heterocycles. The molecular weight excluding hydrogens is 292 g/mol. The molecule has 3 rings (SSSR count). The van der Waals surface area contributed by atoms with Gasteiger partial charge < -0.3 is 14.6 Å². The van der Waals surface area contributed by atoms with Crippen molar-refractivity contribution in [2.24, 2.45) is 7.05 Å². The Labute approximate surface area is 134 Å². The molecule has 0 aliphatic heterocycles. The molecule has 1 aliphatic carbocycles. The van der Waals surface area contributed by atoms with Crippen molar-refractivity contribution in [3.63, 3.8) is 0 Å². The van der Waals surface area contributed by atoms with Gasteiger partial charge in [0.25, 0.3) is 11.5 Å². The summed E-state index contributed by atoms with van der Waals surface area (Å²) >= 11 is 0. The van der Waals surface area contributed by atoms with Crippen molar-refractivity contribution < 1.29 is 9.53 Å². The van der Waals surface area contributed by atoms with Crippen molar-refractivity contribution in [2.75, 3.05) is 0 Å². The van der Waals surface area contributed by atoms with Gasteiger partial charge in [0.05, 0.1) is 6.04 Å². The average molecular weight is 312 g/mol. The number of pyridine rings is 1. The van der Waals surface area contributed by atoms with E-state index in [1.807, 2.05) is 30.3 Å². The summed E-state index contributed by atoms with van der Waals surface area (Å²) in [5.41, 5.74) is 0.194. The maximum absolute atomic E-state index is 12.3. The standard InChI is InChI=1S/C18H20N2O3/c1-20-11-10-13(12-17(20)21)18(22)19-15-8-5-9-16(15)23-14-6-3-2-4-7-14/h2-4,6-7,10-12,15-16H,5,8-9H2,1H3,(H,19,22)/t15-,16+/m1/s1. The first-order valence-electron chi connectivity index (χ1n) is 7.83. The van der Waals surface area contributed by atoms with E-state index in [1.165, 1.54) is 10.6 Å². The highest BCUT2D eigenvalue weighted by molar-refractivity contribution is 5.94. The van der Waals surface area contributed by atoms with E-state index >= 15 is 0 Å². The molecule has 5 nitrogen and oxygen atoms in total. The highest BCUT2D eigenvalue weighted by atomic mass is 16.5. The number of hydrogen-bond donors (Lipinski definition) is 1. The SMILES string of the molecule is Cn1ccc(C(=O)N[C@@H]2CCC[C@@H]2Oc2ccccc2)cc1=O. The zero-order valence-electron chi connectivity index (χ0n) is 13.1. The van der Waals surface area contributed by atoms with Crippen molar-refractivity contribution in [1.82, 2.24) is 9.88 Å². The maximum Gasteiger partial charge on any atom is 0.251 e. The minimum Gasteiger partial charge on any atom is -0.488 e. The zero-order chi connectivity index (χ0) is 16.2. The Hall–Kier alpha value is -2.56. The summed E-state index contributed by atoms with van der Waals surface area (Å²) in [5.74, 6) is 0.587. The summed E-state index contributed by atoms with van der Waals surface area (Å²) in [6.07, 6.45) is 4.38. The number of rotatable bonds is 4. The molecule has 1 fully saturated rings. The number of benzene rings is 1. The van der Waals surface area contributed by atoms with Crippen molar-refractivity contribution in [3.8, 4) is 5.75 Å². The molecule has 23 heavy (non-hydrogen) atoms. The Balaban J connectivity index is 1.67. The summed E-state index contributed by atoms with van der Waals surface area (Å²) in [4.78, 5) is 24.0. The van der Waals surface area contributed by atoms with Crippen molar-refractivity contribution in [1.29, 1.82) is 0 Å². The van der Waals surface area contributed by atoms with E-state index in [2.05, 4.69) is 5.32 Å². The summed E-state index contributed by atoms with van der Waals surface area (Å²) in [6, 6.07) is 12.6. The minimum atomic E-state index is -0.226. The fourth-order valence-electron chi connectivity index (χ4n) is 2.85. The fraction of sp³-hybridized carbons (Fsp3) is 0.333. The van der Waals surface area contributed by atoms with E-state index in [4.69, 9.17) is 4.74 Å². The van der Waals surface area contributed by atoms with Crippen LogP contribution in [0.15, 0.2) is 53.5 Å². The Kier molecular flexibility index (Phi) is 4.46. The number of amides is 1. The van der Waals surface area contributed by atoms with Crippen LogP contribution in [0.25, 0.3) is 0 Å². The second kappa shape index (κ2) is 6.69. The molecule has 0 saturated heterocycles. The smallest absolute Gasteiger partial charge is 0.251 e. The first kappa shape index (κ1) is 15.3. The Bertz CT molecular complexity index is 739. The Morgan fingerprint density at radius 1 is 1.22 bits per heavy atom. The number of hydrogen-bond acceptors (Lipinski definition) is 3. The van der Waals surface area contributed by atoms with Gasteiger partial charge in [0.15, 0.2) is 0 Å². The molecule has 0 unspecified atom stereocenters. The largest absolute Gasteiger partial charge is 0.488 e. The molecule has 1 N–H and O–H groups in total. The molecule has 0 bridgehead atoms. The second-order valence-corrected chi connectivity index (χ2v) is 5.84. The highest BCUT2D eigenvalue weighted by Gasteiger charge is 2.30. The number of aryl methyl sites for hydroxylation is 1. The van der Waals surface area contributed by atoms with Gasteiger partial charge in [-0.15, -0.1) is 0 Å². The van der Waals surface area contributed by atoms with Gasteiger partial charge in [-0.05, 0) is 37.5 Å². The van der Waals surface area contributed by atoms with Crippen LogP contribution in [-0.2, 0) is 7.05 Å². The summed E-state index contributed by atoms with van der Waals surface area (Å²) in [5, 5.41) is 3.00. The lowest BCUT2D eigenvalue weighted by Gasteiger charge is -2.22. The third-order valence-electron chi connectivity index (χ3n) is 4.17. The predicted molar refractivity (Wildman–Crippen MR) is 87.6 cm³/mol. The molecule has 0 radical (unpaired) electrons. The molecule has 1 aromatic carbocycles.